The van der Waals surface area contributed by atoms with Gasteiger partial charge in [-0.05, 0) is 48.2 Å². The second-order valence-electron chi connectivity index (χ2n) is 6.73. The first-order chi connectivity index (χ1) is 13.0. The molecule has 27 heavy (non-hydrogen) atoms. The van der Waals surface area contributed by atoms with E-state index in [2.05, 4.69) is 40.3 Å². The van der Waals surface area contributed by atoms with Crippen LogP contribution in [0.5, 0.6) is 0 Å². The molecule has 0 radical (unpaired) electrons. The third-order valence-corrected chi connectivity index (χ3v) is 5.01. The molecule has 0 spiro atoms. The SMILES string of the molecule is Cc1ccc2c(c1Cc1ccc(C#N)cc1)c(=S)nc1[nH]nc(N(C)C)n12. The van der Waals surface area contributed by atoms with Gasteiger partial charge in [-0.2, -0.15) is 5.26 Å². The van der Waals surface area contributed by atoms with E-state index in [0.717, 1.165) is 40.0 Å². The van der Waals surface area contributed by atoms with Crippen molar-refractivity contribution in [3.63, 3.8) is 0 Å². The van der Waals surface area contributed by atoms with Crippen LogP contribution in [0.3, 0.4) is 0 Å². The number of hydrogen-bond donors (Lipinski definition) is 1. The predicted molar refractivity (Wildman–Crippen MR) is 109 cm³/mol. The molecule has 6 nitrogen and oxygen atoms in total. The lowest BCUT2D eigenvalue weighted by Gasteiger charge is -2.14. The number of benzene rings is 2. The zero-order valence-electron chi connectivity index (χ0n) is 15.3. The van der Waals surface area contributed by atoms with Crippen LogP contribution in [0.4, 0.5) is 5.95 Å². The molecule has 134 valence electrons. The van der Waals surface area contributed by atoms with E-state index in [1.807, 2.05) is 47.7 Å². The Morgan fingerprint density at radius 1 is 1.19 bits per heavy atom. The first-order valence-electron chi connectivity index (χ1n) is 8.55. The molecule has 0 unspecified atom stereocenters. The zero-order chi connectivity index (χ0) is 19.1. The molecule has 4 aromatic rings. The van der Waals surface area contributed by atoms with Crippen molar-refractivity contribution in [3.05, 3.63) is 63.3 Å². The van der Waals surface area contributed by atoms with Crippen LogP contribution >= 0.6 is 12.2 Å². The Hall–Kier alpha value is -3.24. The van der Waals surface area contributed by atoms with E-state index in [9.17, 15) is 0 Å². The molecule has 4 rings (SSSR count). The van der Waals surface area contributed by atoms with Gasteiger partial charge in [0, 0.05) is 19.5 Å². The molecule has 0 amide bonds. The van der Waals surface area contributed by atoms with Gasteiger partial charge in [-0.25, -0.2) is 14.5 Å². The Labute approximate surface area is 161 Å². The molecule has 0 atom stereocenters. The molecule has 0 saturated heterocycles. The minimum atomic E-state index is 0.561. The topological polar surface area (TPSA) is 73.0 Å². The minimum absolute atomic E-state index is 0.561. The predicted octanol–water partition coefficient (Wildman–Crippen LogP) is 3.78. The summed E-state index contributed by atoms with van der Waals surface area (Å²) in [5, 5.41) is 17.3. The number of aromatic amines is 1. The van der Waals surface area contributed by atoms with Crippen molar-refractivity contribution in [2.75, 3.05) is 19.0 Å². The third-order valence-electron chi connectivity index (χ3n) is 4.72. The molecule has 0 bridgehead atoms. The van der Waals surface area contributed by atoms with Crippen molar-refractivity contribution in [1.29, 1.82) is 5.26 Å². The summed E-state index contributed by atoms with van der Waals surface area (Å²) in [6.45, 7) is 2.09. The second-order valence-corrected chi connectivity index (χ2v) is 7.12. The van der Waals surface area contributed by atoms with Gasteiger partial charge in [0.25, 0.3) is 0 Å². The number of anilines is 1. The maximum atomic E-state index is 9.00. The Kier molecular flexibility index (Phi) is 4.13. The average Bonchev–Trinajstić information content (AvgIpc) is 3.08. The van der Waals surface area contributed by atoms with Crippen LogP contribution in [0.1, 0.15) is 22.3 Å². The van der Waals surface area contributed by atoms with Crippen LogP contribution in [-0.2, 0) is 6.42 Å². The van der Waals surface area contributed by atoms with Gasteiger partial charge in [-0.15, -0.1) is 5.10 Å². The number of fused-ring (bicyclic) bond motifs is 3. The van der Waals surface area contributed by atoms with Crippen molar-refractivity contribution < 1.29 is 0 Å². The molecule has 0 aliphatic rings. The van der Waals surface area contributed by atoms with E-state index in [-0.39, 0.29) is 0 Å². The van der Waals surface area contributed by atoms with Crippen LogP contribution in [0.25, 0.3) is 16.7 Å². The number of nitriles is 1. The van der Waals surface area contributed by atoms with Crippen molar-refractivity contribution in [1.82, 2.24) is 19.6 Å². The van der Waals surface area contributed by atoms with Gasteiger partial charge in [0.2, 0.25) is 11.7 Å². The zero-order valence-corrected chi connectivity index (χ0v) is 16.1. The van der Waals surface area contributed by atoms with Gasteiger partial charge >= 0.3 is 0 Å². The van der Waals surface area contributed by atoms with Crippen LogP contribution < -0.4 is 4.90 Å². The van der Waals surface area contributed by atoms with Gasteiger partial charge in [0.15, 0.2) is 0 Å². The lowest BCUT2D eigenvalue weighted by molar-refractivity contribution is 0.982. The molecule has 0 aliphatic carbocycles. The summed E-state index contributed by atoms with van der Waals surface area (Å²) in [5.74, 6) is 1.40. The smallest absolute Gasteiger partial charge is 0.232 e. The molecular weight excluding hydrogens is 356 g/mol. The maximum Gasteiger partial charge on any atom is 0.232 e. The Bertz CT molecular complexity index is 1260. The van der Waals surface area contributed by atoms with Crippen LogP contribution in [-0.4, -0.2) is 33.7 Å². The number of aromatic nitrogens is 4. The van der Waals surface area contributed by atoms with E-state index >= 15 is 0 Å². The second kappa shape index (κ2) is 6.49. The molecule has 0 aliphatic heterocycles. The molecule has 0 fully saturated rings. The highest BCUT2D eigenvalue weighted by atomic mass is 32.1. The van der Waals surface area contributed by atoms with Gasteiger partial charge in [0.1, 0.15) is 4.64 Å². The summed E-state index contributed by atoms with van der Waals surface area (Å²) < 4.78 is 2.55. The summed E-state index contributed by atoms with van der Waals surface area (Å²) >= 11 is 5.63. The van der Waals surface area contributed by atoms with Crippen molar-refractivity contribution in [2.24, 2.45) is 0 Å². The highest BCUT2D eigenvalue weighted by molar-refractivity contribution is 7.71. The fraction of sp³-hybridized carbons (Fsp3) is 0.200. The van der Waals surface area contributed by atoms with Gasteiger partial charge in [-0.1, -0.05) is 30.4 Å². The van der Waals surface area contributed by atoms with Crippen molar-refractivity contribution in [3.8, 4) is 6.07 Å². The molecule has 1 N–H and O–H groups in total. The maximum absolute atomic E-state index is 9.00. The Morgan fingerprint density at radius 2 is 1.93 bits per heavy atom. The highest BCUT2D eigenvalue weighted by Crippen LogP contribution is 2.28. The van der Waals surface area contributed by atoms with Crippen LogP contribution in [0.2, 0.25) is 0 Å². The summed E-state index contributed by atoms with van der Waals surface area (Å²) in [7, 11) is 3.89. The number of rotatable bonds is 3. The van der Waals surface area contributed by atoms with Crippen LogP contribution in [0, 0.1) is 22.9 Å². The molecule has 2 aromatic heterocycles. The average molecular weight is 374 g/mol. The largest absolute Gasteiger partial charge is 0.347 e. The number of H-pyrrole nitrogens is 1. The fourth-order valence-electron chi connectivity index (χ4n) is 3.34. The minimum Gasteiger partial charge on any atom is -0.347 e. The number of hydrogen-bond acceptors (Lipinski definition) is 5. The Morgan fingerprint density at radius 3 is 2.59 bits per heavy atom. The fourth-order valence-corrected chi connectivity index (χ4v) is 3.65. The monoisotopic (exact) mass is 374 g/mol. The molecule has 2 heterocycles. The highest BCUT2D eigenvalue weighted by Gasteiger charge is 2.16. The molecular formula is C20H18N6S. The third kappa shape index (κ3) is 2.84. The quantitative estimate of drug-likeness (QED) is 0.553. The lowest BCUT2D eigenvalue weighted by atomic mass is 9.96. The van der Waals surface area contributed by atoms with Crippen molar-refractivity contribution in [2.45, 2.75) is 13.3 Å². The van der Waals surface area contributed by atoms with Crippen molar-refractivity contribution >= 4 is 34.8 Å². The summed E-state index contributed by atoms with van der Waals surface area (Å²) in [6, 6.07) is 14.0. The molecule has 7 heteroatoms. The normalized spacial score (nSPS) is 11.0. The lowest BCUT2D eigenvalue weighted by Crippen LogP contribution is -2.13. The number of nitrogens with one attached hydrogen (secondary N) is 1. The summed E-state index contributed by atoms with van der Waals surface area (Å²) in [4.78, 5) is 6.51. The molecule has 2 aromatic carbocycles. The van der Waals surface area contributed by atoms with Crippen LogP contribution in [0.15, 0.2) is 36.4 Å². The van der Waals surface area contributed by atoms with Gasteiger partial charge in [0.05, 0.1) is 17.1 Å². The number of aryl methyl sites for hydroxylation is 1. The van der Waals surface area contributed by atoms with E-state index in [0.29, 0.717) is 16.0 Å². The Balaban J connectivity index is 1.98. The number of nitrogens with zero attached hydrogens (tertiary/aromatic N) is 5. The first kappa shape index (κ1) is 17.2. The van der Waals surface area contributed by atoms with E-state index in [1.165, 1.54) is 0 Å². The standard InChI is InChI=1S/C20H18N6S/c1-12-4-9-16-17(15(12)10-13-5-7-14(11-21)8-6-13)18(27)22-19-23-24-20(25(2)3)26(16)19/h4-9H,10H2,1-3H3,(H,22,23,27). The van der Waals surface area contributed by atoms with E-state index < -0.39 is 0 Å². The van der Waals surface area contributed by atoms with Gasteiger partial charge in [-0.3, -0.25) is 0 Å². The van der Waals surface area contributed by atoms with E-state index in [4.69, 9.17) is 17.5 Å². The van der Waals surface area contributed by atoms with E-state index in [1.54, 1.807) is 0 Å². The summed E-state index contributed by atoms with van der Waals surface area (Å²) in [6.07, 6.45) is 0.724. The molecule has 0 saturated carbocycles. The summed E-state index contributed by atoms with van der Waals surface area (Å²) in [5.41, 5.74) is 5.08. The van der Waals surface area contributed by atoms with Gasteiger partial charge < -0.3 is 4.90 Å². The first-order valence-corrected chi connectivity index (χ1v) is 8.96.